The summed E-state index contributed by atoms with van der Waals surface area (Å²) in [5.74, 6) is 2.55. The first-order valence-corrected chi connectivity index (χ1v) is 8.17. The van der Waals surface area contributed by atoms with Gasteiger partial charge in [0.1, 0.15) is 5.75 Å². The monoisotopic (exact) mass is 274 g/mol. The molecule has 1 aromatic rings. The molecule has 2 heteroatoms. The lowest BCUT2D eigenvalue weighted by atomic mass is 9.73. The Hall–Kier alpha value is -1.02. The Morgan fingerprint density at radius 1 is 1.15 bits per heavy atom. The summed E-state index contributed by atoms with van der Waals surface area (Å²) in [5, 5.41) is 11.0. The summed E-state index contributed by atoms with van der Waals surface area (Å²) in [4.78, 5) is 0. The van der Waals surface area contributed by atoms with Gasteiger partial charge >= 0.3 is 0 Å². The van der Waals surface area contributed by atoms with Crippen molar-refractivity contribution >= 4 is 0 Å². The predicted molar refractivity (Wildman–Crippen MR) is 80.8 cm³/mol. The number of rotatable bonds is 5. The first-order valence-electron chi connectivity index (χ1n) is 8.17. The van der Waals surface area contributed by atoms with Gasteiger partial charge in [0.05, 0.1) is 12.2 Å². The molecular weight excluding hydrogens is 248 g/mol. The molecule has 2 unspecified atom stereocenters. The second kappa shape index (κ2) is 5.77. The van der Waals surface area contributed by atoms with E-state index in [0.717, 1.165) is 55.4 Å². The maximum Gasteiger partial charge on any atom is 0.119 e. The van der Waals surface area contributed by atoms with Crippen LogP contribution >= 0.6 is 0 Å². The molecule has 2 aliphatic carbocycles. The zero-order valence-corrected chi connectivity index (χ0v) is 12.5. The summed E-state index contributed by atoms with van der Waals surface area (Å²) < 4.78 is 5.62. The lowest BCUT2D eigenvalue weighted by molar-refractivity contribution is -0.0251. The fraction of sp³-hybridized carbons (Fsp3) is 0.667. The van der Waals surface area contributed by atoms with E-state index in [1.807, 2.05) is 12.1 Å². The molecule has 0 saturated heterocycles. The molecule has 0 amide bonds. The van der Waals surface area contributed by atoms with Crippen molar-refractivity contribution in [1.29, 1.82) is 0 Å². The molecule has 1 aromatic carbocycles. The van der Waals surface area contributed by atoms with E-state index in [0.29, 0.717) is 0 Å². The van der Waals surface area contributed by atoms with Gasteiger partial charge in [-0.05, 0) is 74.5 Å². The summed E-state index contributed by atoms with van der Waals surface area (Å²) in [5.41, 5.74) is 0.473. The van der Waals surface area contributed by atoms with Gasteiger partial charge in [-0.25, -0.2) is 0 Å². The number of ether oxygens (including phenoxy) is 1. The Morgan fingerprint density at radius 2 is 1.90 bits per heavy atom. The second-order valence-electron chi connectivity index (χ2n) is 6.60. The van der Waals surface area contributed by atoms with Gasteiger partial charge in [-0.3, -0.25) is 0 Å². The van der Waals surface area contributed by atoms with E-state index in [9.17, 15) is 5.11 Å². The minimum atomic E-state index is -0.602. The molecule has 0 aromatic heterocycles. The maximum atomic E-state index is 11.0. The summed E-state index contributed by atoms with van der Waals surface area (Å²) in [6, 6.07) is 8.12. The number of hydrogen-bond acceptors (Lipinski definition) is 2. The van der Waals surface area contributed by atoms with Crippen molar-refractivity contribution in [2.45, 2.75) is 57.5 Å². The van der Waals surface area contributed by atoms with Crippen molar-refractivity contribution in [3.05, 3.63) is 29.8 Å². The minimum absolute atomic E-state index is 0.602. The first kappa shape index (κ1) is 13.9. The fourth-order valence-corrected chi connectivity index (χ4v) is 3.61. The standard InChI is InChI=1S/C18H26O2/c1-2-12-20-17-9-7-16(8-10-17)18(19)11-3-4-15(13-18)14-5-6-14/h7-10,14-15,19H,2-6,11-13H2,1H3. The zero-order valence-electron chi connectivity index (χ0n) is 12.5. The first-order chi connectivity index (χ1) is 9.71. The lowest BCUT2D eigenvalue weighted by Gasteiger charge is -2.37. The van der Waals surface area contributed by atoms with Crippen molar-refractivity contribution in [2.75, 3.05) is 6.61 Å². The van der Waals surface area contributed by atoms with E-state index in [2.05, 4.69) is 19.1 Å². The Balaban J connectivity index is 1.69. The van der Waals surface area contributed by atoms with Crippen LogP contribution in [-0.4, -0.2) is 11.7 Å². The normalized spacial score (nSPS) is 30.2. The average Bonchev–Trinajstić information content (AvgIpc) is 3.30. The smallest absolute Gasteiger partial charge is 0.119 e. The number of hydrogen-bond donors (Lipinski definition) is 1. The highest BCUT2D eigenvalue weighted by molar-refractivity contribution is 5.31. The molecule has 110 valence electrons. The summed E-state index contributed by atoms with van der Waals surface area (Å²) in [6.45, 7) is 2.87. The largest absolute Gasteiger partial charge is 0.494 e. The van der Waals surface area contributed by atoms with E-state index in [4.69, 9.17) is 4.74 Å². The van der Waals surface area contributed by atoms with Gasteiger partial charge in [-0.15, -0.1) is 0 Å². The summed E-state index contributed by atoms with van der Waals surface area (Å²) in [7, 11) is 0. The van der Waals surface area contributed by atoms with Gasteiger partial charge in [0, 0.05) is 0 Å². The van der Waals surface area contributed by atoms with E-state index < -0.39 is 5.60 Å². The van der Waals surface area contributed by atoms with Crippen LogP contribution in [0.1, 0.15) is 57.4 Å². The Morgan fingerprint density at radius 3 is 2.55 bits per heavy atom. The molecule has 0 spiro atoms. The Bertz CT molecular complexity index is 435. The number of aliphatic hydroxyl groups is 1. The van der Waals surface area contributed by atoms with E-state index >= 15 is 0 Å². The Kier molecular flexibility index (Phi) is 4.02. The lowest BCUT2D eigenvalue weighted by Crippen LogP contribution is -2.33. The minimum Gasteiger partial charge on any atom is -0.494 e. The molecule has 2 aliphatic rings. The average molecular weight is 274 g/mol. The molecule has 0 aliphatic heterocycles. The molecule has 3 rings (SSSR count). The third-order valence-corrected chi connectivity index (χ3v) is 4.92. The van der Waals surface area contributed by atoms with Crippen LogP contribution in [-0.2, 0) is 5.60 Å². The Labute approximate surface area is 122 Å². The maximum absolute atomic E-state index is 11.0. The third-order valence-electron chi connectivity index (χ3n) is 4.92. The van der Waals surface area contributed by atoms with Crippen LogP contribution < -0.4 is 4.74 Å². The molecule has 2 atom stereocenters. The highest BCUT2D eigenvalue weighted by Gasteiger charge is 2.41. The van der Waals surface area contributed by atoms with Crippen LogP contribution in [0.3, 0.4) is 0 Å². The highest BCUT2D eigenvalue weighted by Crippen LogP contribution is 2.49. The van der Waals surface area contributed by atoms with Gasteiger partial charge in [0.25, 0.3) is 0 Å². The van der Waals surface area contributed by atoms with Crippen LogP contribution in [0.15, 0.2) is 24.3 Å². The third kappa shape index (κ3) is 3.01. The van der Waals surface area contributed by atoms with Crippen molar-refractivity contribution in [3.8, 4) is 5.75 Å². The fourth-order valence-electron chi connectivity index (χ4n) is 3.61. The molecule has 2 saturated carbocycles. The van der Waals surface area contributed by atoms with Crippen LogP contribution in [0.25, 0.3) is 0 Å². The molecule has 0 heterocycles. The van der Waals surface area contributed by atoms with E-state index in [1.54, 1.807) is 0 Å². The van der Waals surface area contributed by atoms with Gasteiger partial charge in [0.15, 0.2) is 0 Å². The molecule has 1 N–H and O–H groups in total. The molecule has 2 nitrogen and oxygen atoms in total. The van der Waals surface area contributed by atoms with Crippen molar-refractivity contribution < 1.29 is 9.84 Å². The number of benzene rings is 1. The van der Waals surface area contributed by atoms with Crippen LogP contribution in [0, 0.1) is 11.8 Å². The van der Waals surface area contributed by atoms with Gasteiger partial charge in [-0.2, -0.15) is 0 Å². The van der Waals surface area contributed by atoms with Crippen molar-refractivity contribution in [3.63, 3.8) is 0 Å². The molecule has 20 heavy (non-hydrogen) atoms. The predicted octanol–water partition coefficient (Wildman–Crippen LogP) is 4.26. The van der Waals surface area contributed by atoms with Gasteiger partial charge < -0.3 is 9.84 Å². The van der Waals surface area contributed by atoms with Crippen molar-refractivity contribution in [2.24, 2.45) is 11.8 Å². The summed E-state index contributed by atoms with van der Waals surface area (Å²) >= 11 is 0. The second-order valence-corrected chi connectivity index (χ2v) is 6.60. The van der Waals surface area contributed by atoms with Crippen LogP contribution in [0.2, 0.25) is 0 Å². The highest BCUT2D eigenvalue weighted by atomic mass is 16.5. The summed E-state index contributed by atoms with van der Waals surface area (Å²) in [6.07, 6.45) is 8.11. The van der Waals surface area contributed by atoms with Crippen molar-refractivity contribution in [1.82, 2.24) is 0 Å². The van der Waals surface area contributed by atoms with E-state index in [-0.39, 0.29) is 0 Å². The van der Waals surface area contributed by atoms with Gasteiger partial charge in [-0.1, -0.05) is 19.1 Å². The van der Waals surface area contributed by atoms with Gasteiger partial charge in [0.2, 0.25) is 0 Å². The zero-order chi connectivity index (χ0) is 14.0. The van der Waals surface area contributed by atoms with E-state index in [1.165, 1.54) is 19.3 Å². The van der Waals surface area contributed by atoms with Crippen LogP contribution in [0.5, 0.6) is 5.75 Å². The molecular formula is C18H26O2. The molecule has 0 radical (unpaired) electrons. The quantitative estimate of drug-likeness (QED) is 0.869. The van der Waals surface area contributed by atoms with Crippen LogP contribution in [0.4, 0.5) is 0 Å². The molecule has 2 fully saturated rings. The SMILES string of the molecule is CCCOc1ccc(C2(O)CCCC(C3CC3)C2)cc1. The topological polar surface area (TPSA) is 29.5 Å². The molecule has 0 bridgehead atoms.